The van der Waals surface area contributed by atoms with Gasteiger partial charge in [0.1, 0.15) is 0 Å². The van der Waals surface area contributed by atoms with Crippen LogP contribution in [-0.2, 0) is 16.0 Å². The molecule has 1 heterocycles. The molecule has 0 unspecified atom stereocenters. The van der Waals surface area contributed by atoms with Crippen LogP contribution in [0.1, 0.15) is 47.7 Å². The highest BCUT2D eigenvalue weighted by Gasteiger charge is 2.28. The molecule has 5 heteroatoms. The summed E-state index contributed by atoms with van der Waals surface area (Å²) in [5.41, 5.74) is 2.53. The zero-order chi connectivity index (χ0) is 23.6. The average molecular weight is 446 g/mol. The molecule has 1 aliphatic rings. The monoisotopic (exact) mass is 445 g/mol. The smallest absolute Gasteiger partial charge is 0.337 e. The highest BCUT2D eigenvalue weighted by atomic mass is 16.5. The van der Waals surface area contributed by atoms with E-state index in [1.807, 2.05) is 60.4 Å². The number of rotatable bonds is 8. The highest BCUT2D eigenvalue weighted by molar-refractivity contribution is 5.89. The van der Waals surface area contributed by atoms with E-state index in [4.69, 9.17) is 4.74 Å². The largest absolute Gasteiger partial charge is 0.465 e. The summed E-state index contributed by atoms with van der Waals surface area (Å²) in [7, 11) is 1.36. The van der Waals surface area contributed by atoms with Gasteiger partial charge in [0.25, 0.3) is 0 Å². The fraction of sp³-hybridized carbons (Fsp3) is 0.357. The Balaban J connectivity index is 1.52. The first-order valence-corrected chi connectivity index (χ1v) is 11.3. The van der Waals surface area contributed by atoms with E-state index in [0.717, 1.165) is 17.5 Å². The van der Waals surface area contributed by atoms with E-state index in [1.54, 1.807) is 18.2 Å². The van der Waals surface area contributed by atoms with Crippen LogP contribution in [0, 0.1) is 17.8 Å². The van der Waals surface area contributed by atoms with Crippen molar-refractivity contribution in [2.45, 2.75) is 44.8 Å². The third-order valence-corrected chi connectivity index (χ3v) is 5.94. The summed E-state index contributed by atoms with van der Waals surface area (Å²) in [6, 6.07) is 17.0. The molecular weight excluding hydrogens is 414 g/mol. The standard InChI is InChI=1S/C28H31NO4/c1-21(7-6-10-22-8-4-3-5-9-22)26(30)17-15-25-16-18-27(31)29(25)20-19-23-11-13-24(14-12-23)28(32)33-2/h3-5,8-9,11-15,17,21,25-26,30H,7,16,18-20H2,1-2H3/t21-,25-,26-/m0/s1. The Labute approximate surface area is 196 Å². The predicted octanol–water partition coefficient (Wildman–Crippen LogP) is 4.00. The third-order valence-electron chi connectivity index (χ3n) is 5.94. The Morgan fingerprint density at radius 2 is 1.94 bits per heavy atom. The van der Waals surface area contributed by atoms with Crippen LogP contribution in [0.5, 0.6) is 0 Å². The number of aliphatic hydroxyl groups excluding tert-OH is 1. The first kappa shape index (κ1) is 24.3. The van der Waals surface area contributed by atoms with Gasteiger partial charge < -0.3 is 14.7 Å². The third kappa shape index (κ3) is 7.06. The van der Waals surface area contributed by atoms with E-state index < -0.39 is 6.10 Å². The molecule has 0 spiro atoms. The second kappa shape index (κ2) is 12.0. The Bertz CT molecular complexity index is 1020. The number of carbonyl (C=O) groups is 2. The van der Waals surface area contributed by atoms with E-state index in [-0.39, 0.29) is 23.8 Å². The molecule has 3 atom stereocenters. The summed E-state index contributed by atoms with van der Waals surface area (Å²) in [6.07, 6.45) is 5.71. The lowest BCUT2D eigenvalue weighted by Gasteiger charge is -2.23. The van der Waals surface area contributed by atoms with Crippen molar-refractivity contribution in [2.24, 2.45) is 5.92 Å². The van der Waals surface area contributed by atoms with Crippen molar-refractivity contribution in [3.63, 3.8) is 0 Å². The maximum absolute atomic E-state index is 12.4. The van der Waals surface area contributed by atoms with Crippen LogP contribution in [0.3, 0.4) is 0 Å². The van der Waals surface area contributed by atoms with Crippen LogP contribution in [0.15, 0.2) is 66.7 Å². The second-order valence-corrected chi connectivity index (χ2v) is 8.36. The zero-order valence-corrected chi connectivity index (χ0v) is 19.2. The summed E-state index contributed by atoms with van der Waals surface area (Å²) in [5, 5.41) is 10.5. The van der Waals surface area contributed by atoms with Crippen molar-refractivity contribution in [1.29, 1.82) is 0 Å². The second-order valence-electron chi connectivity index (χ2n) is 8.36. The summed E-state index contributed by atoms with van der Waals surface area (Å²) in [5.74, 6) is 6.03. The number of nitrogens with zero attached hydrogens (tertiary/aromatic N) is 1. The van der Waals surface area contributed by atoms with Gasteiger partial charge in [-0.05, 0) is 48.6 Å². The Morgan fingerprint density at radius 1 is 1.21 bits per heavy atom. The van der Waals surface area contributed by atoms with Crippen LogP contribution in [0.2, 0.25) is 0 Å². The first-order valence-electron chi connectivity index (χ1n) is 11.3. The Kier molecular flexibility index (Phi) is 8.86. The Hall–Kier alpha value is -3.36. The molecule has 1 aliphatic heterocycles. The molecule has 0 saturated carbocycles. The molecule has 1 saturated heterocycles. The van der Waals surface area contributed by atoms with E-state index in [9.17, 15) is 14.7 Å². The van der Waals surface area contributed by atoms with Crippen molar-refractivity contribution < 1.29 is 19.4 Å². The lowest BCUT2D eigenvalue weighted by molar-refractivity contribution is -0.128. The molecule has 0 aliphatic carbocycles. The van der Waals surface area contributed by atoms with Crippen LogP contribution in [0.4, 0.5) is 0 Å². The Morgan fingerprint density at radius 3 is 2.64 bits per heavy atom. The van der Waals surface area contributed by atoms with Gasteiger partial charge in [0.05, 0.1) is 24.8 Å². The van der Waals surface area contributed by atoms with E-state index in [0.29, 0.717) is 31.4 Å². The van der Waals surface area contributed by atoms with Gasteiger partial charge in [-0.15, -0.1) is 0 Å². The minimum Gasteiger partial charge on any atom is -0.465 e. The molecule has 1 amide bonds. The lowest BCUT2D eigenvalue weighted by atomic mass is 9.99. The van der Waals surface area contributed by atoms with Gasteiger partial charge >= 0.3 is 5.97 Å². The number of amides is 1. The fourth-order valence-electron chi connectivity index (χ4n) is 3.81. The van der Waals surface area contributed by atoms with Crippen molar-refractivity contribution in [3.8, 4) is 11.8 Å². The minimum atomic E-state index is -0.613. The number of esters is 1. The first-order chi connectivity index (χ1) is 16.0. The summed E-state index contributed by atoms with van der Waals surface area (Å²) in [6.45, 7) is 2.57. The molecule has 3 rings (SSSR count). The number of benzene rings is 2. The summed E-state index contributed by atoms with van der Waals surface area (Å²) in [4.78, 5) is 25.8. The topological polar surface area (TPSA) is 66.8 Å². The number of carbonyl (C=O) groups excluding carboxylic acids is 2. The van der Waals surface area contributed by atoms with Gasteiger partial charge in [0.15, 0.2) is 0 Å². The molecule has 0 radical (unpaired) electrons. The van der Waals surface area contributed by atoms with Crippen molar-refractivity contribution >= 4 is 11.9 Å². The normalized spacial score (nSPS) is 17.5. The SMILES string of the molecule is COC(=O)c1ccc(CCN2C(=O)CC[C@@H]2C=C[C@H](O)[C@@H](C)CC#Cc2ccccc2)cc1. The van der Waals surface area contributed by atoms with Crippen LogP contribution >= 0.6 is 0 Å². The fourth-order valence-corrected chi connectivity index (χ4v) is 3.81. The van der Waals surface area contributed by atoms with Crippen molar-refractivity contribution in [3.05, 3.63) is 83.4 Å². The maximum Gasteiger partial charge on any atom is 0.337 e. The number of aliphatic hydroxyl groups is 1. The lowest BCUT2D eigenvalue weighted by Crippen LogP contribution is -2.34. The van der Waals surface area contributed by atoms with Crippen molar-refractivity contribution in [1.82, 2.24) is 4.90 Å². The molecule has 1 N–H and O–H groups in total. The number of likely N-dealkylation sites (tertiary alicyclic amines) is 1. The van der Waals surface area contributed by atoms with Gasteiger partial charge in [-0.2, -0.15) is 0 Å². The molecule has 0 aromatic heterocycles. The van der Waals surface area contributed by atoms with Gasteiger partial charge in [-0.25, -0.2) is 4.79 Å². The minimum absolute atomic E-state index is 0.00339. The molecule has 0 bridgehead atoms. The van der Waals surface area contributed by atoms with Gasteiger partial charge in [-0.1, -0.05) is 61.2 Å². The maximum atomic E-state index is 12.4. The van der Waals surface area contributed by atoms with Gasteiger partial charge in [0.2, 0.25) is 5.91 Å². The predicted molar refractivity (Wildman–Crippen MR) is 128 cm³/mol. The molecule has 2 aromatic carbocycles. The van der Waals surface area contributed by atoms with E-state index in [1.165, 1.54) is 7.11 Å². The van der Waals surface area contributed by atoms with Crippen LogP contribution in [-0.4, -0.2) is 47.7 Å². The number of hydrogen-bond donors (Lipinski definition) is 1. The average Bonchev–Trinajstić information content (AvgIpc) is 3.20. The molecule has 1 fully saturated rings. The van der Waals surface area contributed by atoms with Crippen LogP contribution in [0.25, 0.3) is 0 Å². The van der Waals surface area contributed by atoms with Crippen molar-refractivity contribution in [2.75, 3.05) is 13.7 Å². The molecule has 33 heavy (non-hydrogen) atoms. The summed E-state index contributed by atoms with van der Waals surface area (Å²) >= 11 is 0. The van der Waals surface area contributed by atoms with Gasteiger partial charge in [0, 0.05) is 24.9 Å². The van der Waals surface area contributed by atoms with E-state index in [2.05, 4.69) is 11.8 Å². The summed E-state index contributed by atoms with van der Waals surface area (Å²) < 4.78 is 4.72. The molecule has 172 valence electrons. The van der Waals surface area contributed by atoms with E-state index >= 15 is 0 Å². The number of methoxy groups -OCH3 is 1. The molecular formula is C28H31NO4. The van der Waals surface area contributed by atoms with Gasteiger partial charge in [-0.3, -0.25) is 4.79 Å². The number of ether oxygens (including phenoxy) is 1. The van der Waals surface area contributed by atoms with Crippen LogP contribution < -0.4 is 0 Å². The highest BCUT2D eigenvalue weighted by Crippen LogP contribution is 2.21. The quantitative estimate of drug-likeness (QED) is 0.379. The number of hydrogen-bond acceptors (Lipinski definition) is 4. The molecule has 5 nitrogen and oxygen atoms in total. The molecule has 2 aromatic rings. The zero-order valence-electron chi connectivity index (χ0n) is 19.2.